The first-order chi connectivity index (χ1) is 8.45. The summed E-state index contributed by atoms with van der Waals surface area (Å²) in [4.78, 5) is 0. The normalized spacial score (nSPS) is 10.4. The first-order valence-corrected chi connectivity index (χ1v) is 6.04. The first-order valence-electron chi connectivity index (χ1n) is 5.24. The molecule has 0 spiro atoms. The topological polar surface area (TPSA) is 38.0 Å². The number of hydrogen-bond donors (Lipinski definition) is 2. The van der Waals surface area contributed by atoms with E-state index in [0.29, 0.717) is 21.5 Å². The molecule has 2 aromatic rings. The zero-order valence-electron chi connectivity index (χ0n) is 9.60. The second-order valence-corrected chi connectivity index (χ2v) is 4.83. The molecule has 0 bridgehead atoms. The van der Waals surface area contributed by atoms with Gasteiger partial charge in [0.05, 0.1) is 4.47 Å². The maximum Gasteiger partial charge on any atom is 0.139 e. The molecular weight excluding hydrogens is 302 g/mol. The summed E-state index contributed by atoms with van der Waals surface area (Å²) in [5.74, 6) is -0.819. The van der Waals surface area contributed by atoms with Gasteiger partial charge in [-0.2, -0.15) is 0 Å². The zero-order chi connectivity index (χ0) is 13.3. The van der Waals surface area contributed by atoms with Gasteiger partial charge < -0.3 is 11.1 Å². The van der Waals surface area contributed by atoms with Gasteiger partial charge in [0, 0.05) is 17.1 Å². The lowest BCUT2D eigenvalue weighted by molar-refractivity contribution is 0.621. The molecule has 94 valence electrons. The molecule has 0 aliphatic rings. The van der Waals surface area contributed by atoms with Crippen molar-refractivity contribution in [2.45, 2.75) is 6.92 Å². The molecule has 2 aromatic carbocycles. The largest absolute Gasteiger partial charge is 0.399 e. The molecule has 0 saturated carbocycles. The molecule has 0 saturated heterocycles. The third kappa shape index (κ3) is 2.79. The Hall–Kier alpha value is -1.62. The van der Waals surface area contributed by atoms with Gasteiger partial charge in [0.2, 0.25) is 0 Å². The molecule has 0 aromatic heterocycles. The highest BCUT2D eigenvalue weighted by Crippen LogP contribution is 2.27. The van der Waals surface area contributed by atoms with Crippen LogP contribution in [0.2, 0.25) is 0 Å². The van der Waals surface area contributed by atoms with Crippen molar-refractivity contribution < 1.29 is 8.78 Å². The molecule has 0 radical (unpaired) electrons. The van der Waals surface area contributed by atoms with Crippen LogP contribution in [-0.4, -0.2) is 0 Å². The summed E-state index contributed by atoms with van der Waals surface area (Å²) >= 11 is 3.11. The van der Waals surface area contributed by atoms with E-state index in [1.165, 1.54) is 18.2 Å². The Labute approximate surface area is 112 Å². The predicted octanol–water partition coefficient (Wildman–Crippen LogP) is 4.36. The third-order valence-corrected chi connectivity index (χ3v) is 3.07. The summed E-state index contributed by atoms with van der Waals surface area (Å²) in [6.45, 7) is 1.83. The number of halogens is 3. The van der Waals surface area contributed by atoms with Crippen LogP contribution in [0, 0.1) is 18.6 Å². The van der Waals surface area contributed by atoms with Crippen LogP contribution in [0.15, 0.2) is 34.8 Å². The summed E-state index contributed by atoms with van der Waals surface area (Å²) < 4.78 is 27.0. The minimum atomic E-state index is -0.437. The second-order valence-electron chi connectivity index (χ2n) is 3.98. The molecule has 0 unspecified atom stereocenters. The lowest BCUT2D eigenvalue weighted by Gasteiger charge is -2.11. The molecule has 0 fully saturated rings. The van der Waals surface area contributed by atoms with E-state index in [4.69, 9.17) is 5.73 Å². The maximum absolute atomic E-state index is 13.4. The second kappa shape index (κ2) is 4.94. The standard InChI is InChI=1S/C13H11BrF2N2/c1-7-2-11(14)12(16)6-13(7)18-10-4-8(15)3-9(17)5-10/h2-6,18H,17H2,1H3. The minimum absolute atomic E-state index is 0.313. The van der Waals surface area contributed by atoms with Gasteiger partial charge in [-0.25, -0.2) is 8.78 Å². The predicted molar refractivity (Wildman–Crippen MR) is 72.9 cm³/mol. The lowest BCUT2D eigenvalue weighted by atomic mass is 10.2. The van der Waals surface area contributed by atoms with Crippen LogP contribution in [0.5, 0.6) is 0 Å². The Morgan fingerprint density at radius 1 is 1.11 bits per heavy atom. The monoisotopic (exact) mass is 312 g/mol. The first kappa shape index (κ1) is 12.8. The van der Waals surface area contributed by atoms with Crippen LogP contribution in [0.4, 0.5) is 25.8 Å². The van der Waals surface area contributed by atoms with Crippen molar-refractivity contribution in [2.75, 3.05) is 11.1 Å². The molecular formula is C13H11BrF2N2. The fourth-order valence-corrected chi connectivity index (χ4v) is 2.08. The van der Waals surface area contributed by atoms with E-state index < -0.39 is 5.82 Å². The SMILES string of the molecule is Cc1cc(Br)c(F)cc1Nc1cc(N)cc(F)c1. The number of rotatable bonds is 2. The van der Waals surface area contributed by atoms with E-state index in [-0.39, 0.29) is 5.82 Å². The van der Waals surface area contributed by atoms with Crippen molar-refractivity contribution >= 4 is 33.0 Å². The Balaban J connectivity index is 2.36. The van der Waals surface area contributed by atoms with E-state index in [0.717, 1.165) is 5.56 Å². The Morgan fingerprint density at radius 3 is 2.50 bits per heavy atom. The van der Waals surface area contributed by atoms with Crippen LogP contribution in [-0.2, 0) is 0 Å². The highest BCUT2D eigenvalue weighted by molar-refractivity contribution is 9.10. The van der Waals surface area contributed by atoms with Gasteiger partial charge in [-0.3, -0.25) is 0 Å². The Morgan fingerprint density at radius 2 is 1.83 bits per heavy atom. The molecule has 0 atom stereocenters. The number of anilines is 3. The fraction of sp³-hybridized carbons (Fsp3) is 0.0769. The molecule has 2 rings (SSSR count). The van der Waals surface area contributed by atoms with Crippen molar-refractivity contribution in [3.8, 4) is 0 Å². The number of nitrogens with two attached hydrogens (primary N) is 1. The van der Waals surface area contributed by atoms with E-state index >= 15 is 0 Å². The molecule has 5 heteroatoms. The van der Waals surface area contributed by atoms with Crippen molar-refractivity contribution in [2.24, 2.45) is 0 Å². The van der Waals surface area contributed by atoms with Gasteiger partial charge in [-0.05, 0) is 58.7 Å². The number of hydrogen-bond acceptors (Lipinski definition) is 2. The van der Waals surface area contributed by atoms with E-state index in [9.17, 15) is 8.78 Å². The molecule has 0 heterocycles. The van der Waals surface area contributed by atoms with Crippen molar-refractivity contribution in [1.29, 1.82) is 0 Å². The van der Waals surface area contributed by atoms with Crippen LogP contribution in [0.3, 0.4) is 0 Å². The molecule has 2 nitrogen and oxygen atoms in total. The Kier molecular flexibility index (Phi) is 3.52. The van der Waals surface area contributed by atoms with Gasteiger partial charge in [0.1, 0.15) is 11.6 Å². The van der Waals surface area contributed by atoms with E-state index in [1.54, 1.807) is 12.1 Å². The minimum Gasteiger partial charge on any atom is -0.399 e. The summed E-state index contributed by atoms with van der Waals surface area (Å²) in [5, 5.41) is 2.94. The smallest absolute Gasteiger partial charge is 0.139 e. The fourth-order valence-electron chi connectivity index (χ4n) is 1.62. The van der Waals surface area contributed by atoms with E-state index in [2.05, 4.69) is 21.2 Å². The van der Waals surface area contributed by atoms with Gasteiger partial charge in [-0.15, -0.1) is 0 Å². The summed E-state index contributed by atoms with van der Waals surface area (Å²) in [7, 11) is 0. The van der Waals surface area contributed by atoms with Crippen molar-refractivity contribution in [3.63, 3.8) is 0 Å². The van der Waals surface area contributed by atoms with Gasteiger partial charge in [-0.1, -0.05) is 0 Å². The summed E-state index contributed by atoms with van der Waals surface area (Å²) in [6, 6.07) is 7.11. The van der Waals surface area contributed by atoms with Crippen molar-refractivity contribution in [1.82, 2.24) is 0 Å². The highest BCUT2D eigenvalue weighted by atomic mass is 79.9. The molecule has 0 amide bonds. The quantitative estimate of drug-likeness (QED) is 0.808. The molecule has 0 aliphatic heterocycles. The lowest BCUT2D eigenvalue weighted by Crippen LogP contribution is -1.97. The number of nitrogen functional groups attached to an aromatic ring is 1. The molecule has 3 N–H and O–H groups in total. The average molecular weight is 313 g/mol. The molecule has 0 aliphatic carbocycles. The van der Waals surface area contributed by atoms with E-state index in [1.807, 2.05) is 6.92 Å². The third-order valence-electron chi connectivity index (χ3n) is 2.47. The van der Waals surface area contributed by atoms with Crippen LogP contribution in [0.25, 0.3) is 0 Å². The zero-order valence-corrected chi connectivity index (χ0v) is 11.2. The maximum atomic E-state index is 13.4. The Bertz CT molecular complexity index is 580. The summed E-state index contributed by atoms with van der Waals surface area (Å²) in [6.07, 6.45) is 0. The van der Waals surface area contributed by atoms with Gasteiger partial charge >= 0.3 is 0 Å². The number of nitrogens with one attached hydrogen (secondary N) is 1. The van der Waals surface area contributed by atoms with Gasteiger partial charge in [0.25, 0.3) is 0 Å². The number of aryl methyl sites for hydroxylation is 1. The van der Waals surface area contributed by atoms with Crippen LogP contribution < -0.4 is 11.1 Å². The average Bonchev–Trinajstić information content (AvgIpc) is 2.24. The van der Waals surface area contributed by atoms with Crippen molar-refractivity contribution in [3.05, 3.63) is 52.0 Å². The highest BCUT2D eigenvalue weighted by Gasteiger charge is 2.06. The van der Waals surface area contributed by atoms with Gasteiger partial charge in [0.15, 0.2) is 0 Å². The van der Waals surface area contributed by atoms with Crippen LogP contribution in [0.1, 0.15) is 5.56 Å². The summed E-state index contributed by atoms with van der Waals surface area (Å²) in [5.41, 5.74) is 7.75. The molecule has 18 heavy (non-hydrogen) atoms. The van der Waals surface area contributed by atoms with Crippen LogP contribution >= 0.6 is 15.9 Å². The number of benzene rings is 2.